The predicted molar refractivity (Wildman–Crippen MR) is 92.5 cm³/mol. The molecule has 2 aromatic rings. The number of carbonyl (C=O) groups is 2. The van der Waals surface area contributed by atoms with Crippen molar-refractivity contribution < 1.29 is 22.8 Å². The number of benzene rings is 2. The molecule has 0 saturated heterocycles. The molecule has 0 aromatic heterocycles. The number of amides is 2. The second-order valence-electron chi connectivity index (χ2n) is 5.47. The van der Waals surface area contributed by atoms with Gasteiger partial charge in [-0.15, -0.1) is 0 Å². The van der Waals surface area contributed by atoms with Crippen LogP contribution in [0.3, 0.4) is 0 Å². The van der Waals surface area contributed by atoms with Crippen molar-refractivity contribution in [3.05, 3.63) is 58.9 Å². The lowest BCUT2D eigenvalue weighted by molar-refractivity contribution is -0.119. The number of para-hydroxylation sites is 1. The van der Waals surface area contributed by atoms with Crippen molar-refractivity contribution in [3.8, 4) is 0 Å². The molecule has 2 N–H and O–H groups in total. The largest absolute Gasteiger partial charge is 0.324 e. The van der Waals surface area contributed by atoms with Crippen LogP contribution in [0.15, 0.2) is 36.4 Å². The van der Waals surface area contributed by atoms with E-state index in [1.807, 2.05) is 0 Å². The van der Waals surface area contributed by atoms with Crippen molar-refractivity contribution in [2.45, 2.75) is 0 Å². The number of nitrogens with one attached hydrogen (secondary N) is 2. The first kappa shape index (κ1) is 19.7. The van der Waals surface area contributed by atoms with Crippen LogP contribution in [-0.4, -0.2) is 36.9 Å². The van der Waals surface area contributed by atoms with E-state index in [9.17, 15) is 22.8 Å². The molecule has 2 rings (SSSR count). The maximum Gasteiger partial charge on any atom is 0.238 e. The Morgan fingerprint density at radius 1 is 0.923 bits per heavy atom. The summed E-state index contributed by atoms with van der Waals surface area (Å²) in [4.78, 5) is 25.2. The molecule has 0 aliphatic heterocycles. The Hall–Kier alpha value is -2.58. The van der Waals surface area contributed by atoms with Crippen LogP contribution < -0.4 is 10.6 Å². The van der Waals surface area contributed by atoms with E-state index in [4.69, 9.17) is 11.6 Å². The Kier molecular flexibility index (Phi) is 6.59. The molecule has 0 saturated carbocycles. The number of rotatable bonds is 6. The molecule has 5 nitrogen and oxygen atoms in total. The number of hydrogen-bond donors (Lipinski definition) is 2. The van der Waals surface area contributed by atoms with Crippen LogP contribution in [0.25, 0.3) is 0 Å². The van der Waals surface area contributed by atoms with Gasteiger partial charge in [0, 0.05) is 0 Å². The van der Waals surface area contributed by atoms with Gasteiger partial charge in [-0.3, -0.25) is 14.5 Å². The number of halogens is 4. The average Bonchev–Trinajstić information content (AvgIpc) is 2.57. The second kappa shape index (κ2) is 8.68. The zero-order valence-electron chi connectivity index (χ0n) is 13.7. The highest BCUT2D eigenvalue weighted by Crippen LogP contribution is 2.21. The van der Waals surface area contributed by atoms with Gasteiger partial charge >= 0.3 is 0 Å². The van der Waals surface area contributed by atoms with Crippen molar-refractivity contribution in [3.63, 3.8) is 0 Å². The van der Waals surface area contributed by atoms with Crippen LogP contribution in [-0.2, 0) is 9.59 Å². The van der Waals surface area contributed by atoms with E-state index in [1.165, 1.54) is 11.9 Å². The van der Waals surface area contributed by atoms with Gasteiger partial charge in [0.15, 0.2) is 17.5 Å². The summed E-state index contributed by atoms with van der Waals surface area (Å²) in [5, 5.41) is 5.09. The molecule has 0 atom stereocenters. The van der Waals surface area contributed by atoms with Crippen molar-refractivity contribution in [2.24, 2.45) is 0 Å². The summed E-state index contributed by atoms with van der Waals surface area (Å²) in [6, 6.07) is 8.27. The monoisotopic (exact) mass is 385 g/mol. The van der Waals surface area contributed by atoms with E-state index in [1.54, 1.807) is 24.3 Å². The Morgan fingerprint density at radius 3 is 2.12 bits per heavy atom. The summed E-state index contributed by atoms with van der Waals surface area (Å²) >= 11 is 5.93. The molecule has 0 heterocycles. The number of hydrogen-bond acceptors (Lipinski definition) is 3. The third kappa shape index (κ3) is 5.21. The van der Waals surface area contributed by atoms with Gasteiger partial charge in [-0.1, -0.05) is 23.7 Å². The molecule has 0 radical (unpaired) electrons. The highest BCUT2D eigenvalue weighted by Gasteiger charge is 2.17. The fraction of sp³-hybridized carbons (Fsp3) is 0.176. The maximum atomic E-state index is 13.5. The summed E-state index contributed by atoms with van der Waals surface area (Å²) in [5.74, 6) is -5.61. The topological polar surface area (TPSA) is 61.4 Å². The number of likely N-dealkylation sites (N-methyl/N-ethyl adjacent to an activating group) is 1. The fourth-order valence-corrected chi connectivity index (χ4v) is 2.29. The van der Waals surface area contributed by atoms with Crippen LogP contribution in [0.4, 0.5) is 24.5 Å². The molecular weight excluding hydrogens is 371 g/mol. The normalized spacial score (nSPS) is 10.7. The first-order chi connectivity index (χ1) is 12.3. The zero-order chi connectivity index (χ0) is 19.3. The molecule has 2 aromatic carbocycles. The van der Waals surface area contributed by atoms with Crippen LogP contribution in [0.1, 0.15) is 0 Å². The van der Waals surface area contributed by atoms with Gasteiger partial charge in [0.2, 0.25) is 11.8 Å². The molecule has 2 amide bonds. The number of nitrogens with zero attached hydrogens (tertiary/aromatic N) is 1. The molecular formula is C17H15ClF3N3O2. The van der Waals surface area contributed by atoms with E-state index in [0.717, 1.165) is 6.07 Å². The van der Waals surface area contributed by atoms with E-state index >= 15 is 0 Å². The van der Waals surface area contributed by atoms with Gasteiger partial charge in [0.1, 0.15) is 0 Å². The van der Waals surface area contributed by atoms with Gasteiger partial charge in [0.25, 0.3) is 0 Å². The third-order valence-corrected chi connectivity index (χ3v) is 3.61. The lowest BCUT2D eigenvalue weighted by Crippen LogP contribution is -2.36. The molecule has 9 heteroatoms. The quantitative estimate of drug-likeness (QED) is 0.750. The molecule has 0 bridgehead atoms. The molecule has 0 unspecified atom stereocenters. The first-order valence-electron chi connectivity index (χ1n) is 7.44. The Balaban J connectivity index is 1.88. The summed E-state index contributed by atoms with van der Waals surface area (Å²) in [6.07, 6.45) is 0. The highest BCUT2D eigenvalue weighted by atomic mass is 35.5. The number of anilines is 2. The molecule has 0 aliphatic rings. The number of carbonyl (C=O) groups excluding carboxylic acids is 2. The fourth-order valence-electron chi connectivity index (χ4n) is 2.11. The van der Waals surface area contributed by atoms with Gasteiger partial charge in [-0.05, 0) is 31.3 Å². The van der Waals surface area contributed by atoms with Crippen molar-refractivity contribution in [1.29, 1.82) is 0 Å². The van der Waals surface area contributed by atoms with E-state index in [2.05, 4.69) is 10.6 Å². The van der Waals surface area contributed by atoms with E-state index in [0.29, 0.717) is 16.8 Å². The highest BCUT2D eigenvalue weighted by molar-refractivity contribution is 6.33. The summed E-state index contributed by atoms with van der Waals surface area (Å²) in [6.45, 7) is -0.409. The molecule has 0 fully saturated rings. The van der Waals surface area contributed by atoms with Crippen LogP contribution in [0.5, 0.6) is 0 Å². The van der Waals surface area contributed by atoms with Crippen LogP contribution in [0, 0.1) is 17.5 Å². The minimum Gasteiger partial charge on any atom is -0.324 e. The lowest BCUT2D eigenvalue weighted by atomic mass is 10.2. The first-order valence-corrected chi connectivity index (χ1v) is 7.82. The second-order valence-corrected chi connectivity index (χ2v) is 5.88. The maximum absolute atomic E-state index is 13.5. The summed E-state index contributed by atoms with van der Waals surface area (Å²) < 4.78 is 39.5. The summed E-state index contributed by atoms with van der Waals surface area (Å²) in [5.41, 5.74) is -0.0521. The van der Waals surface area contributed by atoms with Crippen LogP contribution >= 0.6 is 11.6 Å². The average molecular weight is 386 g/mol. The zero-order valence-corrected chi connectivity index (χ0v) is 14.4. The molecule has 138 valence electrons. The Labute approximate surface area is 152 Å². The van der Waals surface area contributed by atoms with Gasteiger partial charge < -0.3 is 10.6 Å². The van der Waals surface area contributed by atoms with E-state index < -0.39 is 35.0 Å². The van der Waals surface area contributed by atoms with Crippen molar-refractivity contribution in [1.82, 2.24) is 4.90 Å². The third-order valence-electron chi connectivity index (χ3n) is 3.28. The summed E-state index contributed by atoms with van der Waals surface area (Å²) in [7, 11) is 1.49. The Bertz CT molecular complexity index is 833. The molecule has 0 spiro atoms. The van der Waals surface area contributed by atoms with Crippen molar-refractivity contribution in [2.75, 3.05) is 30.8 Å². The van der Waals surface area contributed by atoms with Gasteiger partial charge in [0.05, 0.1) is 29.5 Å². The minimum atomic E-state index is -1.67. The van der Waals surface area contributed by atoms with Crippen LogP contribution in [0.2, 0.25) is 5.02 Å². The SMILES string of the molecule is CN(CC(=O)Nc1ccccc1Cl)CC(=O)Nc1ccc(F)c(F)c1F. The Morgan fingerprint density at radius 2 is 1.50 bits per heavy atom. The van der Waals surface area contributed by atoms with Crippen molar-refractivity contribution >= 4 is 34.8 Å². The van der Waals surface area contributed by atoms with Gasteiger partial charge in [-0.2, -0.15) is 0 Å². The standard InChI is InChI=1S/C17H15ClF3N3O2/c1-24(8-14(25)22-12-5-3-2-4-10(12)18)9-15(26)23-13-7-6-11(19)16(20)17(13)21/h2-7H,8-9H2,1H3,(H,22,25)(H,23,26). The molecule has 26 heavy (non-hydrogen) atoms. The van der Waals surface area contributed by atoms with Gasteiger partial charge in [-0.25, -0.2) is 13.2 Å². The lowest BCUT2D eigenvalue weighted by Gasteiger charge is -2.16. The van der Waals surface area contributed by atoms with E-state index in [-0.39, 0.29) is 13.1 Å². The minimum absolute atomic E-state index is 0.140. The molecule has 0 aliphatic carbocycles. The predicted octanol–water partition coefficient (Wildman–Crippen LogP) is 3.27. The smallest absolute Gasteiger partial charge is 0.238 e.